The van der Waals surface area contributed by atoms with Gasteiger partial charge in [0.1, 0.15) is 0 Å². The lowest BCUT2D eigenvalue weighted by Gasteiger charge is -2.15. The monoisotopic (exact) mass is 388 g/mol. The molecule has 2 aromatic rings. The second kappa shape index (κ2) is 7.39. The number of benzene rings is 2. The van der Waals surface area contributed by atoms with Gasteiger partial charge < -0.3 is 0 Å². The number of hydrazine groups is 1. The Balaban J connectivity index is 1.79. The number of hydrogen-bond acceptors (Lipinski definition) is 4. The van der Waals surface area contributed by atoms with Gasteiger partial charge in [-0.1, -0.05) is 59.3 Å². The molecule has 0 aliphatic carbocycles. The molecule has 1 N–H and O–H groups in total. The van der Waals surface area contributed by atoms with Crippen LogP contribution < -0.4 is 5.43 Å². The maximum absolute atomic E-state index is 12.5. The predicted molar refractivity (Wildman–Crippen MR) is 105 cm³/mol. The zero-order chi connectivity index (χ0) is 18.0. The van der Waals surface area contributed by atoms with Gasteiger partial charge in [-0.05, 0) is 49.0 Å². The highest BCUT2D eigenvalue weighted by molar-refractivity contribution is 8.26. The minimum absolute atomic E-state index is 0.267. The number of nitrogens with zero attached hydrogens (tertiary/aromatic N) is 1. The molecule has 4 nitrogen and oxygen atoms in total. The standard InChI is InChI=1S/C18H13ClN2O2S2/c1-11-6-8-12(9-7-11)16(22)20-21-17(23)15(25-18(21)24)10-13-4-2-3-5-14(13)19/h2-10H,1H3,(H,20,22). The lowest BCUT2D eigenvalue weighted by atomic mass is 10.1. The van der Waals surface area contributed by atoms with E-state index in [1.807, 2.05) is 31.2 Å². The fourth-order valence-electron chi connectivity index (χ4n) is 2.17. The summed E-state index contributed by atoms with van der Waals surface area (Å²) in [7, 11) is 0. The summed E-state index contributed by atoms with van der Waals surface area (Å²) in [6.45, 7) is 1.93. The molecular weight excluding hydrogens is 376 g/mol. The van der Waals surface area contributed by atoms with Crippen molar-refractivity contribution in [1.29, 1.82) is 0 Å². The van der Waals surface area contributed by atoms with E-state index in [1.165, 1.54) is 0 Å². The fourth-order valence-corrected chi connectivity index (χ4v) is 3.53. The van der Waals surface area contributed by atoms with Gasteiger partial charge in [0.15, 0.2) is 4.32 Å². The molecule has 126 valence electrons. The summed E-state index contributed by atoms with van der Waals surface area (Å²) in [5.74, 6) is -0.773. The number of thiocarbonyl (C=S) groups is 1. The highest BCUT2D eigenvalue weighted by Gasteiger charge is 2.33. The van der Waals surface area contributed by atoms with Crippen LogP contribution in [-0.4, -0.2) is 21.1 Å². The molecular formula is C18H13ClN2O2S2. The molecule has 0 bridgehead atoms. The molecule has 0 saturated carbocycles. The van der Waals surface area contributed by atoms with Gasteiger partial charge in [0.25, 0.3) is 11.8 Å². The van der Waals surface area contributed by atoms with Crippen LogP contribution in [0.2, 0.25) is 5.02 Å². The smallest absolute Gasteiger partial charge is 0.267 e. The summed E-state index contributed by atoms with van der Waals surface area (Å²) < 4.78 is 0.267. The summed E-state index contributed by atoms with van der Waals surface area (Å²) in [5.41, 5.74) is 4.77. The van der Waals surface area contributed by atoms with E-state index in [0.717, 1.165) is 27.9 Å². The molecule has 1 saturated heterocycles. The van der Waals surface area contributed by atoms with Crippen molar-refractivity contribution in [3.05, 3.63) is 75.1 Å². The third-order valence-electron chi connectivity index (χ3n) is 3.51. The van der Waals surface area contributed by atoms with E-state index in [9.17, 15) is 9.59 Å². The van der Waals surface area contributed by atoms with Gasteiger partial charge in [0, 0.05) is 10.6 Å². The van der Waals surface area contributed by atoms with Crippen molar-refractivity contribution < 1.29 is 9.59 Å². The largest absolute Gasteiger partial charge is 0.285 e. The number of hydrogen-bond donors (Lipinski definition) is 1. The van der Waals surface area contributed by atoms with Crippen LogP contribution in [0.4, 0.5) is 0 Å². The summed E-state index contributed by atoms with van der Waals surface area (Å²) in [5, 5.41) is 1.63. The number of halogens is 1. The van der Waals surface area contributed by atoms with Crippen LogP contribution >= 0.6 is 35.6 Å². The van der Waals surface area contributed by atoms with E-state index < -0.39 is 5.91 Å². The summed E-state index contributed by atoms with van der Waals surface area (Å²) >= 11 is 12.5. The maximum atomic E-state index is 12.5. The van der Waals surface area contributed by atoms with Gasteiger partial charge in [0.2, 0.25) is 0 Å². The van der Waals surface area contributed by atoms with E-state index in [2.05, 4.69) is 5.43 Å². The quantitative estimate of drug-likeness (QED) is 0.632. The Hall–Kier alpha value is -2.15. The lowest BCUT2D eigenvalue weighted by molar-refractivity contribution is -0.123. The Morgan fingerprint density at radius 2 is 1.88 bits per heavy atom. The Kier molecular flexibility index (Phi) is 5.22. The first-order valence-electron chi connectivity index (χ1n) is 7.36. The van der Waals surface area contributed by atoms with E-state index in [-0.39, 0.29) is 10.2 Å². The first kappa shape index (κ1) is 17.7. The highest BCUT2D eigenvalue weighted by Crippen LogP contribution is 2.32. The SMILES string of the molecule is Cc1ccc(C(=O)NN2C(=O)C(=Cc3ccccc3Cl)SC2=S)cc1. The van der Waals surface area contributed by atoms with Crippen molar-refractivity contribution in [1.82, 2.24) is 10.4 Å². The average molecular weight is 389 g/mol. The van der Waals surface area contributed by atoms with Crippen LogP contribution in [0, 0.1) is 6.92 Å². The van der Waals surface area contributed by atoms with Gasteiger partial charge >= 0.3 is 0 Å². The molecule has 3 rings (SSSR count). The number of thioether (sulfide) groups is 1. The number of amides is 2. The van der Waals surface area contributed by atoms with Crippen molar-refractivity contribution >= 4 is 57.8 Å². The fraction of sp³-hybridized carbons (Fsp3) is 0.0556. The van der Waals surface area contributed by atoms with Crippen LogP contribution in [0.15, 0.2) is 53.4 Å². The third-order valence-corrected chi connectivity index (χ3v) is 5.16. The Morgan fingerprint density at radius 3 is 2.56 bits per heavy atom. The van der Waals surface area contributed by atoms with Crippen molar-refractivity contribution in [2.45, 2.75) is 6.92 Å². The van der Waals surface area contributed by atoms with Crippen LogP contribution in [-0.2, 0) is 4.79 Å². The van der Waals surface area contributed by atoms with Crippen molar-refractivity contribution in [3.8, 4) is 0 Å². The number of carbonyl (C=O) groups is 2. The van der Waals surface area contributed by atoms with Crippen molar-refractivity contribution in [3.63, 3.8) is 0 Å². The molecule has 2 aromatic carbocycles. The zero-order valence-electron chi connectivity index (χ0n) is 13.2. The molecule has 25 heavy (non-hydrogen) atoms. The highest BCUT2D eigenvalue weighted by atomic mass is 35.5. The first-order valence-corrected chi connectivity index (χ1v) is 8.96. The van der Waals surface area contributed by atoms with Gasteiger partial charge in [0.05, 0.1) is 4.91 Å². The summed E-state index contributed by atoms with van der Waals surface area (Å²) in [6, 6.07) is 14.2. The molecule has 2 amide bonds. The van der Waals surface area contributed by atoms with Gasteiger partial charge in [-0.2, -0.15) is 5.01 Å². The minimum Gasteiger partial charge on any atom is -0.267 e. The van der Waals surface area contributed by atoms with Crippen LogP contribution in [0.5, 0.6) is 0 Å². The summed E-state index contributed by atoms with van der Waals surface area (Å²) in [4.78, 5) is 25.3. The Morgan fingerprint density at radius 1 is 1.20 bits per heavy atom. The number of aryl methyl sites for hydroxylation is 1. The van der Waals surface area contributed by atoms with E-state index in [4.69, 9.17) is 23.8 Å². The number of nitrogens with one attached hydrogen (secondary N) is 1. The topological polar surface area (TPSA) is 49.4 Å². The molecule has 0 atom stereocenters. The molecule has 1 heterocycles. The van der Waals surface area contributed by atoms with Gasteiger partial charge in [-0.3, -0.25) is 15.0 Å². The lowest BCUT2D eigenvalue weighted by Crippen LogP contribution is -2.44. The third kappa shape index (κ3) is 3.92. The maximum Gasteiger partial charge on any atom is 0.285 e. The van der Waals surface area contributed by atoms with E-state index in [0.29, 0.717) is 15.5 Å². The number of carbonyl (C=O) groups excluding carboxylic acids is 2. The van der Waals surface area contributed by atoms with Crippen molar-refractivity contribution in [2.75, 3.05) is 0 Å². The van der Waals surface area contributed by atoms with Gasteiger partial charge in [-0.15, -0.1) is 0 Å². The molecule has 0 aromatic heterocycles. The second-order valence-corrected chi connectivity index (χ2v) is 7.43. The summed E-state index contributed by atoms with van der Waals surface area (Å²) in [6.07, 6.45) is 1.67. The normalized spacial score (nSPS) is 15.8. The second-order valence-electron chi connectivity index (χ2n) is 5.35. The number of rotatable bonds is 3. The molecule has 7 heteroatoms. The molecule has 1 aliphatic rings. The molecule has 0 spiro atoms. The molecule has 1 fully saturated rings. The molecule has 0 unspecified atom stereocenters. The minimum atomic E-state index is -0.393. The molecule has 1 aliphatic heterocycles. The van der Waals surface area contributed by atoms with Crippen LogP contribution in [0.1, 0.15) is 21.5 Å². The van der Waals surface area contributed by atoms with E-state index in [1.54, 1.807) is 30.3 Å². The Bertz CT molecular complexity index is 894. The van der Waals surface area contributed by atoms with E-state index >= 15 is 0 Å². The Labute approximate surface area is 159 Å². The van der Waals surface area contributed by atoms with Crippen LogP contribution in [0.3, 0.4) is 0 Å². The predicted octanol–water partition coefficient (Wildman–Crippen LogP) is 4.19. The van der Waals surface area contributed by atoms with Crippen molar-refractivity contribution in [2.24, 2.45) is 0 Å². The first-order chi connectivity index (χ1) is 12.0. The zero-order valence-corrected chi connectivity index (χ0v) is 15.5. The molecule has 0 radical (unpaired) electrons. The van der Waals surface area contributed by atoms with Crippen LogP contribution in [0.25, 0.3) is 6.08 Å². The van der Waals surface area contributed by atoms with Gasteiger partial charge in [-0.25, -0.2) is 0 Å². The average Bonchev–Trinajstić information content (AvgIpc) is 2.85.